The average molecular weight is 284 g/mol. The van der Waals surface area contributed by atoms with E-state index in [0.29, 0.717) is 0 Å². The van der Waals surface area contributed by atoms with E-state index in [2.05, 4.69) is 17.2 Å². The Morgan fingerprint density at radius 2 is 2.21 bits per heavy atom. The highest BCUT2D eigenvalue weighted by molar-refractivity contribution is 6.30. The van der Waals surface area contributed by atoms with Gasteiger partial charge in [-0.1, -0.05) is 30.7 Å². The van der Waals surface area contributed by atoms with Crippen LogP contribution in [0.3, 0.4) is 0 Å². The summed E-state index contributed by atoms with van der Waals surface area (Å²) in [6, 6.07) is 8.01. The number of nitrogens with zero attached hydrogens (tertiary/aromatic N) is 1. The van der Waals surface area contributed by atoms with Crippen molar-refractivity contribution in [2.45, 2.75) is 25.5 Å². The summed E-state index contributed by atoms with van der Waals surface area (Å²) >= 11 is 5.90. The van der Waals surface area contributed by atoms with Crippen LogP contribution in [0.25, 0.3) is 0 Å². The first-order chi connectivity index (χ1) is 9.22. The van der Waals surface area contributed by atoms with Crippen LogP contribution in [-0.2, 0) is 11.2 Å². The lowest BCUT2D eigenvalue weighted by Gasteiger charge is -2.36. The molecule has 1 aliphatic rings. The molecular weight excluding hydrogens is 262 g/mol. The molecule has 0 spiro atoms. The van der Waals surface area contributed by atoms with Crippen molar-refractivity contribution >= 4 is 11.6 Å². The smallest absolute Gasteiger partial charge is 0.0871 e. The minimum Gasteiger partial charge on any atom is -0.374 e. The SMILES string of the molecule is CCN1CCOC(C(Cc2ccc(Cl)cc2)NN)C1. The number of morpholine rings is 1. The molecule has 2 unspecified atom stereocenters. The lowest BCUT2D eigenvalue weighted by Crippen LogP contribution is -2.54. The number of hydrogen-bond acceptors (Lipinski definition) is 4. The number of hydrogen-bond donors (Lipinski definition) is 2. The maximum atomic E-state index is 5.90. The Hall–Kier alpha value is -0.650. The van der Waals surface area contributed by atoms with Crippen molar-refractivity contribution in [1.82, 2.24) is 10.3 Å². The zero-order valence-electron chi connectivity index (χ0n) is 11.3. The molecule has 1 aromatic carbocycles. The average Bonchev–Trinajstić information content (AvgIpc) is 2.46. The molecule has 4 nitrogen and oxygen atoms in total. The van der Waals surface area contributed by atoms with Gasteiger partial charge in [0.15, 0.2) is 0 Å². The Labute approximate surface area is 119 Å². The number of hydrazine groups is 1. The van der Waals surface area contributed by atoms with Crippen molar-refractivity contribution in [1.29, 1.82) is 0 Å². The highest BCUT2D eigenvalue weighted by Crippen LogP contribution is 2.15. The van der Waals surface area contributed by atoms with Crippen LogP contribution in [0.2, 0.25) is 5.02 Å². The summed E-state index contributed by atoms with van der Waals surface area (Å²) in [7, 11) is 0. The largest absolute Gasteiger partial charge is 0.374 e. The van der Waals surface area contributed by atoms with Crippen molar-refractivity contribution in [2.24, 2.45) is 5.84 Å². The molecule has 2 rings (SSSR count). The highest BCUT2D eigenvalue weighted by atomic mass is 35.5. The van der Waals surface area contributed by atoms with Gasteiger partial charge in [0.05, 0.1) is 18.8 Å². The van der Waals surface area contributed by atoms with Crippen molar-refractivity contribution in [3.63, 3.8) is 0 Å². The zero-order valence-corrected chi connectivity index (χ0v) is 12.1. The van der Waals surface area contributed by atoms with Gasteiger partial charge in [0.1, 0.15) is 0 Å². The van der Waals surface area contributed by atoms with Crippen LogP contribution in [0.1, 0.15) is 12.5 Å². The predicted octanol–water partition coefficient (Wildman–Crippen LogP) is 1.44. The fraction of sp³-hybridized carbons (Fsp3) is 0.571. The summed E-state index contributed by atoms with van der Waals surface area (Å²) in [5.74, 6) is 5.69. The van der Waals surface area contributed by atoms with E-state index in [4.69, 9.17) is 22.2 Å². The molecule has 1 fully saturated rings. The Bertz CT molecular complexity index is 385. The quantitative estimate of drug-likeness (QED) is 0.634. The molecule has 1 aromatic rings. The van der Waals surface area contributed by atoms with Gasteiger partial charge < -0.3 is 4.74 Å². The van der Waals surface area contributed by atoms with Gasteiger partial charge in [-0.3, -0.25) is 16.2 Å². The van der Waals surface area contributed by atoms with E-state index in [-0.39, 0.29) is 12.1 Å². The van der Waals surface area contributed by atoms with E-state index in [1.165, 1.54) is 5.56 Å². The van der Waals surface area contributed by atoms with Crippen molar-refractivity contribution in [2.75, 3.05) is 26.2 Å². The fourth-order valence-corrected chi connectivity index (χ4v) is 2.56. The number of halogens is 1. The zero-order chi connectivity index (χ0) is 13.7. The van der Waals surface area contributed by atoms with Crippen molar-refractivity contribution < 1.29 is 4.74 Å². The summed E-state index contributed by atoms with van der Waals surface area (Å²) in [5, 5.41) is 0.757. The first-order valence-corrected chi connectivity index (χ1v) is 7.15. The Morgan fingerprint density at radius 3 is 2.84 bits per heavy atom. The van der Waals surface area contributed by atoms with Gasteiger partial charge in [0, 0.05) is 18.1 Å². The molecule has 0 bridgehead atoms. The van der Waals surface area contributed by atoms with Gasteiger partial charge in [0.2, 0.25) is 0 Å². The van der Waals surface area contributed by atoms with Crippen LogP contribution < -0.4 is 11.3 Å². The normalized spacial score (nSPS) is 22.4. The molecule has 1 aliphatic heterocycles. The van der Waals surface area contributed by atoms with Gasteiger partial charge >= 0.3 is 0 Å². The van der Waals surface area contributed by atoms with E-state index in [1.54, 1.807) is 0 Å². The molecule has 0 aromatic heterocycles. The summed E-state index contributed by atoms with van der Waals surface area (Å²) in [6.07, 6.45) is 0.977. The van der Waals surface area contributed by atoms with Crippen molar-refractivity contribution in [3.05, 3.63) is 34.9 Å². The number of nitrogens with one attached hydrogen (secondary N) is 1. The molecule has 1 heterocycles. The lowest BCUT2D eigenvalue weighted by atomic mass is 10.0. The monoisotopic (exact) mass is 283 g/mol. The lowest BCUT2D eigenvalue weighted by molar-refractivity contribution is -0.0447. The van der Waals surface area contributed by atoms with Gasteiger partial charge in [-0.15, -0.1) is 0 Å². The van der Waals surface area contributed by atoms with E-state index < -0.39 is 0 Å². The molecule has 0 radical (unpaired) electrons. The number of nitrogens with two attached hydrogens (primary N) is 1. The van der Waals surface area contributed by atoms with Gasteiger partial charge in [-0.05, 0) is 30.7 Å². The standard InChI is InChI=1S/C14H22ClN3O/c1-2-18-7-8-19-14(10-18)13(17-16)9-11-3-5-12(15)6-4-11/h3-6,13-14,17H,2,7-10,16H2,1H3. The fourth-order valence-electron chi connectivity index (χ4n) is 2.43. The summed E-state index contributed by atoms with van der Waals surface area (Å²) in [4.78, 5) is 2.39. The van der Waals surface area contributed by atoms with Gasteiger partial charge in [-0.2, -0.15) is 0 Å². The predicted molar refractivity (Wildman–Crippen MR) is 78.1 cm³/mol. The van der Waals surface area contributed by atoms with Crippen LogP contribution in [-0.4, -0.2) is 43.3 Å². The highest BCUT2D eigenvalue weighted by Gasteiger charge is 2.26. The third-order valence-corrected chi connectivity index (χ3v) is 3.91. The molecule has 5 heteroatoms. The molecule has 0 amide bonds. The van der Waals surface area contributed by atoms with Crippen LogP contribution in [0.4, 0.5) is 0 Å². The number of rotatable bonds is 5. The molecular formula is C14H22ClN3O. The minimum absolute atomic E-state index is 0.121. The Kier molecular flexibility index (Phi) is 5.60. The molecule has 3 N–H and O–H groups in total. The molecule has 0 aliphatic carbocycles. The summed E-state index contributed by atoms with van der Waals surface area (Å²) in [6.45, 7) is 5.94. The third kappa shape index (κ3) is 4.16. The summed E-state index contributed by atoms with van der Waals surface area (Å²) < 4.78 is 5.85. The second-order valence-corrected chi connectivity index (χ2v) is 5.34. The third-order valence-electron chi connectivity index (χ3n) is 3.66. The van der Waals surface area contributed by atoms with Gasteiger partial charge in [-0.25, -0.2) is 0 Å². The molecule has 19 heavy (non-hydrogen) atoms. The maximum absolute atomic E-state index is 5.90. The van der Waals surface area contributed by atoms with Crippen LogP contribution in [0.5, 0.6) is 0 Å². The van der Waals surface area contributed by atoms with Crippen LogP contribution >= 0.6 is 11.6 Å². The number of ether oxygens (including phenoxy) is 1. The Balaban J connectivity index is 1.97. The molecule has 0 saturated carbocycles. The van der Waals surface area contributed by atoms with E-state index in [0.717, 1.165) is 37.7 Å². The van der Waals surface area contributed by atoms with Crippen LogP contribution in [0.15, 0.2) is 24.3 Å². The first-order valence-electron chi connectivity index (χ1n) is 6.77. The van der Waals surface area contributed by atoms with Crippen molar-refractivity contribution in [3.8, 4) is 0 Å². The topological polar surface area (TPSA) is 50.5 Å². The van der Waals surface area contributed by atoms with Crippen LogP contribution in [0, 0.1) is 0 Å². The summed E-state index contributed by atoms with van der Waals surface area (Å²) in [5.41, 5.74) is 4.11. The van der Waals surface area contributed by atoms with E-state index in [1.807, 2.05) is 24.3 Å². The second kappa shape index (κ2) is 7.22. The van der Waals surface area contributed by atoms with Gasteiger partial charge in [0.25, 0.3) is 0 Å². The maximum Gasteiger partial charge on any atom is 0.0871 e. The second-order valence-electron chi connectivity index (χ2n) is 4.91. The van der Waals surface area contributed by atoms with E-state index >= 15 is 0 Å². The molecule has 1 saturated heterocycles. The Morgan fingerprint density at radius 1 is 1.47 bits per heavy atom. The first kappa shape index (κ1) is 14.8. The minimum atomic E-state index is 0.121. The van der Waals surface area contributed by atoms with E-state index in [9.17, 15) is 0 Å². The molecule has 2 atom stereocenters. The molecule has 106 valence electrons. The number of benzene rings is 1. The number of likely N-dealkylation sites (N-methyl/N-ethyl adjacent to an activating group) is 1.